The topological polar surface area (TPSA) is 9.23 Å². The molecule has 1 aromatic rings. The van der Waals surface area contributed by atoms with Crippen LogP contribution in [0.2, 0.25) is 0 Å². The summed E-state index contributed by atoms with van der Waals surface area (Å²) in [6.07, 6.45) is -8.95. The number of hydrogen-bond donors (Lipinski definition) is 0. The summed E-state index contributed by atoms with van der Waals surface area (Å²) in [5.74, 6) is -19.3. The van der Waals surface area contributed by atoms with E-state index in [2.05, 4.69) is 15.9 Å². The van der Waals surface area contributed by atoms with Crippen LogP contribution in [0, 0.1) is 0 Å². The minimum absolute atomic E-state index is 0.107. The number of methoxy groups -OCH3 is 1. The van der Waals surface area contributed by atoms with E-state index in [1.165, 1.54) is 24.3 Å². The number of rotatable bonds is 6. The molecule has 144 valence electrons. The van der Waals surface area contributed by atoms with Crippen LogP contribution in [0.25, 0.3) is 0 Å². The van der Waals surface area contributed by atoms with Gasteiger partial charge in [0.05, 0.1) is 12.0 Å². The highest BCUT2D eigenvalue weighted by Gasteiger charge is 2.82. The van der Waals surface area contributed by atoms with Crippen LogP contribution in [-0.2, 0) is 10.3 Å². The van der Waals surface area contributed by atoms with E-state index in [0.717, 1.165) is 14.0 Å². The molecule has 1 atom stereocenters. The minimum Gasteiger partial charge on any atom is -0.374 e. The molecular formula is C14H12BrF9O. The number of hydrogen-bond acceptors (Lipinski definition) is 1. The molecule has 1 unspecified atom stereocenters. The first kappa shape index (κ1) is 22.1. The van der Waals surface area contributed by atoms with Crippen molar-refractivity contribution in [2.75, 3.05) is 7.11 Å². The normalized spacial score (nSPS) is 16.6. The van der Waals surface area contributed by atoms with E-state index in [-0.39, 0.29) is 5.56 Å². The molecule has 11 heteroatoms. The summed E-state index contributed by atoms with van der Waals surface area (Å²) in [5.41, 5.74) is -2.35. The maximum atomic E-state index is 13.9. The fourth-order valence-electron chi connectivity index (χ4n) is 2.04. The van der Waals surface area contributed by atoms with Crippen LogP contribution >= 0.6 is 15.9 Å². The van der Waals surface area contributed by atoms with Gasteiger partial charge in [0.2, 0.25) is 0 Å². The maximum Gasteiger partial charge on any atom is 0.460 e. The Morgan fingerprint density at radius 1 is 0.840 bits per heavy atom. The van der Waals surface area contributed by atoms with Gasteiger partial charge in [0, 0.05) is 11.6 Å². The van der Waals surface area contributed by atoms with Gasteiger partial charge < -0.3 is 4.74 Å². The molecule has 0 bridgehead atoms. The van der Waals surface area contributed by atoms with E-state index in [1.807, 2.05) is 0 Å². The molecule has 0 spiro atoms. The summed E-state index contributed by atoms with van der Waals surface area (Å²) in [4.78, 5) is 0. The Labute approximate surface area is 145 Å². The lowest BCUT2D eigenvalue weighted by molar-refractivity contribution is -0.400. The Kier molecular flexibility index (Phi) is 5.86. The number of halogens is 10. The molecule has 1 rings (SSSR count). The lowest BCUT2D eigenvalue weighted by atomic mass is 9.86. The predicted octanol–water partition coefficient (Wildman–Crippen LogP) is 6.17. The molecule has 1 aromatic carbocycles. The fourth-order valence-corrected chi connectivity index (χ4v) is 2.30. The van der Waals surface area contributed by atoms with Gasteiger partial charge in [-0.15, -0.1) is 0 Å². The predicted molar refractivity (Wildman–Crippen MR) is 74.0 cm³/mol. The zero-order valence-corrected chi connectivity index (χ0v) is 14.3. The van der Waals surface area contributed by atoms with Gasteiger partial charge in [-0.05, 0) is 24.6 Å². The molecule has 0 aliphatic carbocycles. The fraction of sp³-hybridized carbons (Fsp3) is 0.571. The highest BCUT2D eigenvalue weighted by molar-refractivity contribution is 9.10. The Morgan fingerprint density at radius 3 is 1.64 bits per heavy atom. The Balaban J connectivity index is 3.30. The molecule has 0 heterocycles. The van der Waals surface area contributed by atoms with E-state index in [0.29, 0.717) is 4.47 Å². The van der Waals surface area contributed by atoms with E-state index >= 15 is 0 Å². The lowest BCUT2D eigenvalue weighted by Gasteiger charge is -2.38. The third-order valence-electron chi connectivity index (χ3n) is 3.67. The molecule has 0 amide bonds. The van der Waals surface area contributed by atoms with Crippen LogP contribution in [0.3, 0.4) is 0 Å². The van der Waals surface area contributed by atoms with Crippen molar-refractivity contribution >= 4 is 15.9 Å². The number of ether oxygens (including phenoxy) is 1. The van der Waals surface area contributed by atoms with Gasteiger partial charge in [-0.2, -0.15) is 39.5 Å². The van der Waals surface area contributed by atoms with Crippen molar-refractivity contribution in [1.82, 2.24) is 0 Å². The second-order valence-electron chi connectivity index (χ2n) is 5.47. The molecule has 0 aliphatic rings. The van der Waals surface area contributed by atoms with Crippen LogP contribution < -0.4 is 0 Å². The van der Waals surface area contributed by atoms with Gasteiger partial charge in [-0.25, -0.2) is 0 Å². The van der Waals surface area contributed by atoms with Crippen molar-refractivity contribution in [2.45, 2.75) is 42.9 Å². The molecule has 0 saturated carbocycles. The zero-order valence-electron chi connectivity index (χ0n) is 12.7. The van der Waals surface area contributed by atoms with Crippen molar-refractivity contribution in [3.8, 4) is 0 Å². The highest BCUT2D eigenvalue weighted by Crippen LogP contribution is 2.56. The minimum atomic E-state index is -6.92. The van der Waals surface area contributed by atoms with Crippen molar-refractivity contribution in [3.05, 3.63) is 34.3 Å². The second-order valence-corrected chi connectivity index (χ2v) is 6.39. The monoisotopic (exact) mass is 446 g/mol. The first-order chi connectivity index (χ1) is 11.0. The van der Waals surface area contributed by atoms with Crippen molar-refractivity contribution in [3.63, 3.8) is 0 Å². The van der Waals surface area contributed by atoms with Crippen LogP contribution in [-0.4, -0.2) is 31.1 Å². The van der Waals surface area contributed by atoms with E-state index in [1.54, 1.807) is 0 Å². The highest BCUT2D eigenvalue weighted by atomic mass is 79.9. The maximum absolute atomic E-state index is 13.9. The third-order valence-corrected chi connectivity index (χ3v) is 4.20. The van der Waals surface area contributed by atoms with Gasteiger partial charge in [-0.3, -0.25) is 0 Å². The molecule has 0 fully saturated rings. The first-order valence-electron chi connectivity index (χ1n) is 6.53. The Bertz CT molecular complexity index is 597. The quantitative estimate of drug-likeness (QED) is 0.475. The van der Waals surface area contributed by atoms with Crippen LogP contribution in [0.15, 0.2) is 28.7 Å². The third kappa shape index (κ3) is 3.91. The van der Waals surface area contributed by atoms with Gasteiger partial charge in [0.1, 0.15) is 0 Å². The van der Waals surface area contributed by atoms with E-state index < -0.39 is 36.0 Å². The van der Waals surface area contributed by atoms with Crippen molar-refractivity contribution in [2.24, 2.45) is 0 Å². The van der Waals surface area contributed by atoms with Crippen LogP contribution in [0.4, 0.5) is 39.5 Å². The first-order valence-corrected chi connectivity index (χ1v) is 7.32. The smallest absolute Gasteiger partial charge is 0.374 e. The SMILES string of the molecule is COC(C)(CC(F)(F)C(F)(F)C(F)(F)C(F)(F)F)c1ccc(Br)cc1. The van der Waals surface area contributed by atoms with Gasteiger partial charge >= 0.3 is 23.9 Å². The average molecular weight is 447 g/mol. The summed E-state index contributed by atoms with van der Waals surface area (Å²) >= 11 is 3.04. The van der Waals surface area contributed by atoms with E-state index in [9.17, 15) is 39.5 Å². The summed E-state index contributed by atoms with van der Waals surface area (Å²) in [5, 5.41) is 0. The standard InChI is InChI=1S/C14H12BrF9O/c1-10(25-2,8-3-5-9(15)6-4-8)7-11(16,17)12(18,19)13(20,21)14(22,23)24/h3-6H,7H2,1-2H3. The number of alkyl halides is 9. The molecule has 1 nitrogen and oxygen atoms in total. The number of benzene rings is 1. The summed E-state index contributed by atoms with van der Waals surface area (Å²) in [7, 11) is 0.845. The van der Waals surface area contributed by atoms with Gasteiger partial charge in [-0.1, -0.05) is 28.1 Å². The molecule has 25 heavy (non-hydrogen) atoms. The average Bonchev–Trinajstić information content (AvgIpc) is 2.45. The summed E-state index contributed by atoms with van der Waals surface area (Å²) in [6.45, 7) is 0.881. The molecule has 0 aromatic heterocycles. The summed E-state index contributed by atoms with van der Waals surface area (Å²) < 4.78 is 122. The zero-order chi connectivity index (χ0) is 19.9. The van der Waals surface area contributed by atoms with Crippen LogP contribution in [0.5, 0.6) is 0 Å². The van der Waals surface area contributed by atoms with Crippen molar-refractivity contribution < 1.29 is 44.3 Å². The van der Waals surface area contributed by atoms with Gasteiger partial charge in [0.15, 0.2) is 0 Å². The van der Waals surface area contributed by atoms with E-state index in [4.69, 9.17) is 4.74 Å². The largest absolute Gasteiger partial charge is 0.460 e. The molecule has 0 aliphatic heterocycles. The molecule has 0 radical (unpaired) electrons. The molecular weight excluding hydrogens is 435 g/mol. The van der Waals surface area contributed by atoms with Gasteiger partial charge in [0.25, 0.3) is 0 Å². The Hall–Kier alpha value is -0.970. The molecule has 0 N–H and O–H groups in total. The molecule has 0 saturated heterocycles. The van der Waals surface area contributed by atoms with Crippen molar-refractivity contribution in [1.29, 1.82) is 0 Å². The second kappa shape index (κ2) is 6.64. The van der Waals surface area contributed by atoms with Crippen LogP contribution in [0.1, 0.15) is 18.9 Å². The summed E-state index contributed by atoms with van der Waals surface area (Å²) in [6, 6.07) is 5.05. The Morgan fingerprint density at radius 2 is 1.28 bits per heavy atom. The lowest BCUT2D eigenvalue weighted by Crippen LogP contribution is -2.62.